The molecule has 3 nitrogen and oxygen atoms in total. The molecule has 0 radical (unpaired) electrons. The van der Waals surface area contributed by atoms with E-state index in [9.17, 15) is 17.2 Å². The first-order valence-corrected chi connectivity index (χ1v) is 9.50. The van der Waals surface area contributed by atoms with Crippen LogP contribution in [0.5, 0.6) is 0 Å². The molecular weight excluding hydrogens is 364 g/mol. The summed E-state index contributed by atoms with van der Waals surface area (Å²) in [4.78, 5) is 1.59. The maximum Gasteiger partial charge on any atom is 0.341 e. The zero-order chi connectivity index (χ0) is 16.0. The molecule has 0 heterocycles. The van der Waals surface area contributed by atoms with E-state index in [-0.39, 0.29) is 10.9 Å². The van der Waals surface area contributed by atoms with Crippen molar-refractivity contribution >= 4 is 31.5 Å². The van der Waals surface area contributed by atoms with Crippen molar-refractivity contribution in [2.75, 3.05) is 16.8 Å². The molecule has 0 saturated carbocycles. The lowest BCUT2D eigenvalue weighted by Gasteiger charge is -2.33. The van der Waals surface area contributed by atoms with Gasteiger partial charge >= 0.3 is 5.76 Å². The van der Waals surface area contributed by atoms with E-state index in [0.29, 0.717) is 17.6 Å². The van der Waals surface area contributed by atoms with Crippen LogP contribution in [-0.4, -0.2) is 32.1 Å². The molecule has 1 aromatic carbocycles. The van der Waals surface area contributed by atoms with E-state index in [1.807, 2.05) is 18.7 Å². The normalized spacial score (nSPS) is 12.1. The monoisotopic (exact) mass is 383 g/mol. The molecule has 0 unspecified atom stereocenters. The third-order valence-electron chi connectivity index (χ3n) is 3.42. The summed E-state index contributed by atoms with van der Waals surface area (Å²) in [6.45, 7) is 4.56. The Balaban J connectivity index is 3.40. The Hall–Kier alpha value is -0.690. The number of benzene rings is 1. The van der Waals surface area contributed by atoms with Crippen molar-refractivity contribution in [1.29, 1.82) is 0 Å². The molecule has 120 valence electrons. The second kappa shape index (κ2) is 8.08. The van der Waals surface area contributed by atoms with Gasteiger partial charge in [-0.25, -0.2) is 8.42 Å². The van der Waals surface area contributed by atoms with E-state index < -0.39 is 15.6 Å². The van der Waals surface area contributed by atoms with Crippen LogP contribution in [-0.2, 0) is 9.84 Å². The molecule has 0 atom stereocenters. The number of halogens is 3. The Bertz CT molecular complexity index is 548. The smallest absolute Gasteiger partial charge is 0.341 e. The molecule has 1 aromatic rings. The summed E-state index contributed by atoms with van der Waals surface area (Å²) in [5.74, 6) is -3.41. The van der Waals surface area contributed by atoms with Crippen LogP contribution in [0.15, 0.2) is 29.2 Å². The van der Waals surface area contributed by atoms with Gasteiger partial charge in [-0.1, -0.05) is 41.9 Å². The maximum atomic E-state index is 12.9. The highest BCUT2D eigenvalue weighted by atomic mass is 79.9. The van der Waals surface area contributed by atoms with Gasteiger partial charge in [0.2, 0.25) is 9.84 Å². The standard InChI is InChI=1S/C14H20BrF2NO2S/c1-3-11(4-2)18(10-9-15)12-7-5-6-8-13(12)21(19,20)14(16)17/h5-8,11,14H,3-4,9-10H2,1-2H3. The minimum Gasteiger partial charge on any atom is -0.367 e. The highest BCUT2D eigenvalue weighted by molar-refractivity contribution is 9.09. The summed E-state index contributed by atoms with van der Waals surface area (Å²) < 4.78 is 49.5. The number of nitrogens with zero attached hydrogens (tertiary/aromatic N) is 1. The molecule has 1 rings (SSSR count). The van der Waals surface area contributed by atoms with Crippen LogP contribution >= 0.6 is 15.9 Å². The zero-order valence-corrected chi connectivity index (χ0v) is 14.5. The zero-order valence-electron chi connectivity index (χ0n) is 12.1. The second-order valence-corrected chi connectivity index (χ2v) is 7.31. The minimum atomic E-state index is -4.61. The predicted octanol–water partition coefficient (Wildman–Crippen LogP) is 4.07. The topological polar surface area (TPSA) is 37.4 Å². The summed E-state index contributed by atoms with van der Waals surface area (Å²) in [7, 11) is -4.61. The van der Waals surface area contributed by atoms with Crippen LogP contribution in [0, 0.1) is 0 Å². The Morgan fingerprint density at radius 3 is 2.24 bits per heavy atom. The molecule has 0 aromatic heterocycles. The van der Waals surface area contributed by atoms with Crippen molar-refractivity contribution in [1.82, 2.24) is 0 Å². The van der Waals surface area contributed by atoms with Crippen LogP contribution < -0.4 is 4.90 Å². The summed E-state index contributed by atoms with van der Waals surface area (Å²) in [5, 5.41) is 0.632. The number of hydrogen-bond acceptors (Lipinski definition) is 3. The molecule has 0 amide bonds. The number of hydrogen-bond donors (Lipinski definition) is 0. The Morgan fingerprint density at radius 1 is 1.19 bits per heavy atom. The highest BCUT2D eigenvalue weighted by Crippen LogP contribution is 2.31. The van der Waals surface area contributed by atoms with Gasteiger partial charge in [-0.3, -0.25) is 0 Å². The largest absolute Gasteiger partial charge is 0.367 e. The van der Waals surface area contributed by atoms with E-state index in [1.54, 1.807) is 12.1 Å². The first-order chi connectivity index (χ1) is 9.89. The van der Waals surface area contributed by atoms with Crippen molar-refractivity contribution in [3.8, 4) is 0 Å². The number of sulfone groups is 1. The number of para-hydroxylation sites is 1. The lowest BCUT2D eigenvalue weighted by atomic mass is 10.1. The Morgan fingerprint density at radius 2 is 1.76 bits per heavy atom. The predicted molar refractivity (Wildman–Crippen MR) is 85.1 cm³/mol. The fourth-order valence-electron chi connectivity index (χ4n) is 2.35. The molecular formula is C14H20BrF2NO2S. The fraction of sp³-hybridized carbons (Fsp3) is 0.571. The van der Waals surface area contributed by atoms with Crippen LogP contribution in [0.25, 0.3) is 0 Å². The third kappa shape index (κ3) is 4.16. The average Bonchev–Trinajstić information content (AvgIpc) is 2.47. The van der Waals surface area contributed by atoms with Gasteiger partial charge in [0.15, 0.2) is 0 Å². The highest BCUT2D eigenvalue weighted by Gasteiger charge is 2.31. The molecule has 21 heavy (non-hydrogen) atoms. The summed E-state index contributed by atoms with van der Waals surface area (Å²) in [6.07, 6.45) is 1.62. The summed E-state index contributed by atoms with van der Waals surface area (Å²) >= 11 is 3.34. The van der Waals surface area contributed by atoms with Crippen molar-refractivity contribution in [3.63, 3.8) is 0 Å². The summed E-state index contributed by atoms with van der Waals surface area (Å²) in [6, 6.07) is 6.09. The van der Waals surface area contributed by atoms with Gasteiger partial charge in [0.25, 0.3) is 0 Å². The SMILES string of the molecule is CCC(CC)N(CCBr)c1ccccc1S(=O)(=O)C(F)F. The molecule has 0 aliphatic heterocycles. The maximum absolute atomic E-state index is 12.9. The molecule has 0 saturated heterocycles. The first-order valence-electron chi connectivity index (χ1n) is 6.83. The number of alkyl halides is 3. The van der Waals surface area contributed by atoms with Crippen molar-refractivity contribution < 1.29 is 17.2 Å². The molecule has 7 heteroatoms. The van der Waals surface area contributed by atoms with E-state index in [1.165, 1.54) is 12.1 Å². The van der Waals surface area contributed by atoms with Gasteiger partial charge in [-0.15, -0.1) is 0 Å². The van der Waals surface area contributed by atoms with Gasteiger partial charge in [-0.05, 0) is 25.0 Å². The lowest BCUT2D eigenvalue weighted by molar-refractivity contribution is 0.234. The van der Waals surface area contributed by atoms with Gasteiger partial charge < -0.3 is 4.90 Å². The number of rotatable bonds is 8. The van der Waals surface area contributed by atoms with Gasteiger partial charge in [-0.2, -0.15) is 8.78 Å². The fourth-order valence-corrected chi connectivity index (χ4v) is 3.67. The van der Waals surface area contributed by atoms with Crippen molar-refractivity contribution in [3.05, 3.63) is 24.3 Å². The quantitative estimate of drug-likeness (QED) is 0.634. The molecule has 0 N–H and O–H groups in total. The molecule has 0 aliphatic rings. The lowest BCUT2D eigenvalue weighted by Crippen LogP contribution is -2.37. The number of anilines is 1. The van der Waals surface area contributed by atoms with E-state index in [2.05, 4.69) is 15.9 Å². The van der Waals surface area contributed by atoms with Crippen molar-refractivity contribution in [2.45, 2.75) is 43.4 Å². The van der Waals surface area contributed by atoms with Gasteiger partial charge in [0, 0.05) is 17.9 Å². The Labute approximate surface area is 133 Å². The van der Waals surface area contributed by atoms with E-state index in [0.717, 1.165) is 12.8 Å². The second-order valence-electron chi connectivity index (χ2n) is 4.63. The Kier molecular flexibility index (Phi) is 7.06. The van der Waals surface area contributed by atoms with E-state index in [4.69, 9.17) is 0 Å². The van der Waals surface area contributed by atoms with E-state index >= 15 is 0 Å². The van der Waals surface area contributed by atoms with Gasteiger partial charge in [0.05, 0.1) is 10.6 Å². The molecule has 0 spiro atoms. The van der Waals surface area contributed by atoms with Crippen LogP contribution in [0.2, 0.25) is 0 Å². The average molecular weight is 384 g/mol. The minimum absolute atomic E-state index is 0.108. The molecule has 0 aliphatic carbocycles. The first kappa shape index (κ1) is 18.4. The van der Waals surface area contributed by atoms with Crippen molar-refractivity contribution in [2.24, 2.45) is 0 Å². The molecule has 0 fully saturated rings. The van der Waals surface area contributed by atoms with Crippen LogP contribution in [0.3, 0.4) is 0 Å². The third-order valence-corrected chi connectivity index (χ3v) is 5.21. The molecule has 0 bridgehead atoms. The van der Waals surface area contributed by atoms with Crippen LogP contribution in [0.1, 0.15) is 26.7 Å². The summed E-state index contributed by atoms with van der Waals surface area (Å²) in [5.41, 5.74) is 0.353. The van der Waals surface area contributed by atoms with Gasteiger partial charge in [0.1, 0.15) is 0 Å². The van der Waals surface area contributed by atoms with Crippen LogP contribution in [0.4, 0.5) is 14.5 Å².